The van der Waals surface area contributed by atoms with Gasteiger partial charge in [0.2, 0.25) is 5.91 Å². The molecule has 0 saturated heterocycles. The second-order valence-corrected chi connectivity index (χ2v) is 11.1. The summed E-state index contributed by atoms with van der Waals surface area (Å²) in [6.45, 7) is 3.29. The van der Waals surface area contributed by atoms with Gasteiger partial charge in [-0.2, -0.15) is 26.3 Å². The van der Waals surface area contributed by atoms with Crippen molar-refractivity contribution in [3.63, 3.8) is 0 Å². The minimum Gasteiger partial charge on any atom is -0.478 e. The number of hydrogen-bond acceptors (Lipinski definition) is 3. The fourth-order valence-corrected chi connectivity index (χ4v) is 6.20. The largest absolute Gasteiger partial charge is 0.478 e. The van der Waals surface area contributed by atoms with Gasteiger partial charge in [-0.05, 0) is 85.4 Å². The van der Waals surface area contributed by atoms with E-state index in [0.29, 0.717) is 37.8 Å². The van der Waals surface area contributed by atoms with Gasteiger partial charge in [0.15, 0.2) is 0 Å². The molecule has 1 saturated carbocycles. The van der Waals surface area contributed by atoms with E-state index in [9.17, 15) is 41.0 Å². The van der Waals surface area contributed by atoms with E-state index in [2.05, 4.69) is 10.6 Å². The molecule has 0 heterocycles. The summed E-state index contributed by atoms with van der Waals surface area (Å²) in [6.07, 6.45) is -6.04. The van der Waals surface area contributed by atoms with Gasteiger partial charge in [0.1, 0.15) is 0 Å². The molecule has 1 fully saturated rings. The summed E-state index contributed by atoms with van der Waals surface area (Å²) in [6, 6.07) is 6.41. The molecule has 40 heavy (non-hydrogen) atoms. The van der Waals surface area contributed by atoms with Crippen LogP contribution in [0.4, 0.5) is 26.3 Å². The number of aromatic carboxylic acids is 1. The Morgan fingerprint density at radius 1 is 1.02 bits per heavy atom. The highest BCUT2D eigenvalue weighted by molar-refractivity contribution is 5.90. The average molecular weight is 571 g/mol. The van der Waals surface area contributed by atoms with E-state index in [1.165, 1.54) is 0 Å². The molecule has 0 bridgehead atoms. The Bertz CT molecular complexity index is 1240. The maximum absolute atomic E-state index is 13.5. The highest BCUT2D eigenvalue weighted by Gasteiger charge is 2.48. The lowest BCUT2D eigenvalue weighted by Crippen LogP contribution is -2.44. The van der Waals surface area contributed by atoms with Gasteiger partial charge in [-0.25, -0.2) is 4.79 Å². The number of hydrogen-bond donors (Lipinski definition) is 3. The standard InChI is InChI=1S/C29H32F6N2O3/c1-16(2)27(26(40)36-15-17-11-18(28(30,31)32)13-19(12-17)29(33,34)35)10-9-20(14-27)37-24-8-4-5-21-22(24)6-3-7-23(21)25(38)39/h3,6-7,11-13,16,20,24,37H,4-5,8-10,14-15H2,1-2H3,(H,36,40)(H,38,39)/t20-,24?,27+/m1/s1. The zero-order chi connectivity index (χ0) is 29.5. The van der Waals surface area contributed by atoms with Gasteiger partial charge in [-0.3, -0.25) is 4.79 Å². The third-order valence-electron chi connectivity index (χ3n) is 8.38. The first kappa shape index (κ1) is 29.9. The van der Waals surface area contributed by atoms with Crippen molar-refractivity contribution in [1.29, 1.82) is 0 Å². The van der Waals surface area contributed by atoms with Crippen LogP contribution in [-0.4, -0.2) is 23.0 Å². The Kier molecular flexibility index (Phi) is 8.27. The summed E-state index contributed by atoms with van der Waals surface area (Å²) < 4.78 is 79.5. The van der Waals surface area contributed by atoms with Crippen molar-refractivity contribution >= 4 is 11.9 Å². The lowest BCUT2D eigenvalue weighted by atomic mass is 9.74. The predicted octanol–water partition coefficient (Wildman–Crippen LogP) is 6.90. The van der Waals surface area contributed by atoms with Gasteiger partial charge < -0.3 is 15.7 Å². The molecule has 11 heteroatoms. The Balaban J connectivity index is 1.49. The Hall–Kier alpha value is -3.08. The van der Waals surface area contributed by atoms with Crippen LogP contribution in [0.15, 0.2) is 36.4 Å². The van der Waals surface area contributed by atoms with Crippen molar-refractivity contribution in [2.45, 2.75) is 83.4 Å². The smallest absolute Gasteiger partial charge is 0.416 e. The maximum atomic E-state index is 13.5. The van der Waals surface area contributed by atoms with E-state index in [1.54, 1.807) is 12.1 Å². The van der Waals surface area contributed by atoms with E-state index in [-0.39, 0.29) is 35.2 Å². The number of halogens is 6. The van der Waals surface area contributed by atoms with Gasteiger partial charge in [-0.15, -0.1) is 0 Å². The third-order valence-corrected chi connectivity index (χ3v) is 8.38. The van der Waals surface area contributed by atoms with Crippen LogP contribution < -0.4 is 10.6 Å². The predicted molar refractivity (Wildman–Crippen MR) is 135 cm³/mol. The van der Waals surface area contributed by atoms with Crippen LogP contribution in [0.5, 0.6) is 0 Å². The summed E-state index contributed by atoms with van der Waals surface area (Å²) in [5.74, 6) is -1.52. The van der Waals surface area contributed by atoms with Crippen LogP contribution in [0.3, 0.4) is 0 Å². The Morgan fingerprint density at radius 3 is 2.25 bits per heavy atom. The van der Waals surface area contributed by atoms with Crippen molar-refractivity contribution in [2.24, 2.45) is 11.3 Å². The lowest BCUT2D eigenvalue weighted by Gasteiger charge is -2.34. The molecule has 2 aromatic carbocycles. The zero-order valence-electron chi connectivity index (χ0n) is 22.2. The second kappa shape index (κ2) is 11.1. The van der Waals surface area contributed by atoms with E-state index in [1.807, 2.05) is 19.9 Å². The number of rotatable bonds is 7. The molecule has 1 amide bonds. The minimum atomic E-state index is -4.97. The minimum absolute atomic E-state index is 0.0665. The fourth-order valence-electron chi connectivity index (χ4n) is 6.20. The fraction of sp³-hybridized carbons (Fsp3) is 0.517. The first-order valence-electron chi connectivity index (χ1n) is 13.3. The number of alkyl halides is 6. The first-order valence-corrected chi connectivity index (χ1v) is 13.3. The topological polar surface area (TPSA) is 78.4 Å². The highest BCUT2D eigenvalue weighted by Crippen LogP contribution is 2.46. The van der Waals surface area contributed by atoms with Crippen LogP contribution in [0, 0.1) is 11.3 Å². The highest BCUT2D eigenvalue weighted by atomic mass is 19.4. The van der Waals surface area contributed by atoms with Crippen LogP contribution in [0.25, 0.3) is 0 Å². The quantitative estimate of drug-likeness (QED) is 0.317. The molecule has 0 radical (unpaired) electrons. The molecule has 2 aliphatic rings. The van der Waals surface area contributed by atoms with Gasteiger partial charge in [-0.1, -0.05) is 26.0 Å². The van der Waals surface area contributed by atoms with E-state index >= 15 is 0 Å². The summed E-state index contributed by atoms with van der Waals surface area (Å²) in [7, 11) is 0. The first-order chi connectivity index (χ1) is 18.6. The number of carbonyl (C=O) groups excluding carboxylic acids is 1. The maximum Gasteiger partial charge on any atom is 0.416 e. The molecule has 0 aromatic heterocycles. The molecule has 4 rings (SSSR count). The van der Waals surface area contributed by atoms with Crippen molar-refractivity contribution in [2.75, 3.05) is 0 Å². The van der Waals surface area contributed by atoms with Gasteiger partial charge in [0, 0.05) is 18.6 Å². The molecule has 2 aromatic rings. The third kappa shape index (κ3) is 6.14. The monoisotopic (exact) mass is 570 g/mol. The number of amides is 1. The van der Waals surface area contributed by atoms with E-state index < -0.39 is 47.3 Å². The summed E-state index contributed by atoms with van der Waals surface area (Å²) in [4.78, 5) is 25.1. The second-order valence-electron chi connectivity index (χ2n) is 11.1. The van der Waals surface area contributed by atoms with Gasteiger partial charge in [0.05, 0.1) is 22.1 Å². The molecule has 3 atom stereocenters. The van der Waals surface area contributed by atoms with Gasteiger partial charge in [0.25, 0.3) is 0 Å². The van der Waals surface area contributed by atoms with Crippen molar-refractivity contribution in [3.8, 4) is 0 Å². The van der Waals surface area contributed by atoms with Gasteiger partial charge >= 0.3 is 18.3 Å². The van der Waals surface area contributed by atoms with Crippen molar-refractivity contribution < 1.29 is 41.0 Å². The van der Waals surface area contributed by atoms with Crippen LogP contribution in [-0.2, 0) is 30.1 Å². The Labute approximate surface area is 228 Å². The number of carboxylic acid groups (broad SMARTS) is 1. The van der Waals surface area contributed by atoms with E-state index in [0.717, 1.165) is 24.0 Å². The summed E-state index contributed by atoms with van der Waals surface area (Å²) in [5.41, 5.74) is -1.95. The number of nitrogens with one attached hydrogen (secondary N) is 2. The molecular formula is C29H32F6N2O3. The lowest BCUT2D eigenvalue weighted by molar-refractivity contribution is -0.143. The summed E-state index contributed by atoms with van der Waals surface area (Å²) in [5, 5.41) is 15.8. The van der Waals surface area contributed by atoms with Crippen LogP contribution in [0.1, 0.15) is 90.2 Å². The zero-order valence-corrected chi connectivity index (χ0v) is 22.2. The molecule has 1 unspecified atom stereocenters. The van der Waals surface area contributed by atoms with Crippen LogP contribution >= 0.6 is 0 Å². The van der Waals surface area contributed by atoms with Crippen molar-refractivity contribution in [1.82, 2.24) is 10.6 Å². The Morgan fingerprint density at radius 2 is 1.68 bits per heavy atom. The SMILES string of the molecule is CC(C)[C@]1(C(=O)NCc2cc(C(F)(F)F)cc(C(F)(F)F)c2)CC[C@@H](NC2CCCc3c(C(=O)O)cccc32)C1. The normalized spacial score (nSPS) is 23.2. The summed E-state index contributed by atoms with van der Waals surface area (Å²) >= 11 is 0. The molecule has 218 valence electrons. The molecule has 3 N–H and O–H groups in total. The number of carboxylic acids is 1. The van der Waals surface area contributed by atoms with Crippen molar-refractivity contribution in [3.05, 3.63) is 69.8 Å². The number of fused-ring (bicyclic) bond motifs is 1. The molecule has 2 aliphatic carbocycles. The molecular weight excluding hydrogens is 538 g/mol. The average Bonchev–Trinajstić information content (AvgIpc) is 3.31. The molecule has 0 aliphatic heterocycles. The number of benzene rings is 2. The molecule has 0 spiro atoms. The molecule has 5 nitrogen and oxygen atoms in total. The van der Waals surface area contributed by atoms with Crippen LogP contribution in [0.2, 0.25) is 0 Å². The number of carbonyl (C=O) groups is 2. The van der Waals surface area contributed by atoms with E-state index in [4.69, 9.17) is 0 Å².